The van der Waals surface area contributed by atoms with Crippen molar-refractivity contribution in [3.8, 4) is 0 Å². The third kappa shape index (κ3) is 3.35. The lowest BCUT2D eigenvalue weighted by molar-refractivity contribution is -0.136. The highest BCUT2D eigenvalue weighted by molar-refractivity contribution is 5.86. The van der Waals surface area contributed by atoms with Crippen molar-refractivity contribution in [2.75, 3.05) is 6.54 Å². The topological polar surface area (TPSA) is 69.6 Å². The summed E-state index contributed by atoms with van der Waals surface area (Å²) in [7, 11) is 0. The van der Waals surface area contributed by atoms with Gasteiger partial charge in [-0.25, -0.2) is 4.79 Å². The predicted molar refractivity (Wildman–Crippen MR) is 64.8 cm³/mol. The van der Waals surface area contributed by atoms with Gasteiger partial charge in [-0.05, 0) is 25.2 Å². The van der Waals surface area contributed by atoms with Crippen LogP contribution in [0.3, 0.4) is 0 Å². The second-order valence-electron chi connectivity index (χ2n) is 5.77. The first-order valence-electron chi connectivity index (χ1n) is 6.03. The molecule has 2 N–H and O–H groups in total. The molecule has 0 aromatic carbocycles. The SMILES string of the molecule is CC1CCCN1C(=O)C(NC(=O)O)C(C)(C)C. The smallest absolute Gasteiger partial charge is 0.405 e. The van der Waals surface area contributed by atoms with E-state index in [1.54, 1.807) is 4.90 Å². The van der Waals surface area contributed by atoms with E-state index in [0.29, 0.717) is 0 Å². The van der Waals surface area contributed by atoms with Crippen LogP contribution in [0.4, 0.5) is 4.79 Å². The average molecular weight is 242 g/mol. The second-order valence-corrected chi connectivity index (χ2v) is 5.77. The first-order valence-corrected chi connectivity index (χ1v) is 6.03. The van der Waals surface area contributed by atoms with Crippen molar-refractivity contribution in [3.05, 3.63) is 0 Å². The van der Waals surface area contributed by atoms with Crippen molar-refractivity contribution in [2.24, 2.45) is 5.41 Å². The zero-order valence-electron chi connectivity index (χ0n) is 11.0. The van der Waals surface area contributed by atoms with E-state index in [1.807, 2.05) is 27.7 Å². The van der Waals surface area contributed by atoms with Gasteiger partial charge in [0.05, 0.1) is 0 Å². The molecule has 1 fully saturated rings. The summed E-state index contributed by atoms with van der Waals surface area (Å²) in [4.78, 5) is 24.9. The van der Waals surface area contributed by atoms with Crippen molar-refractivity contribution in [3.63, 3.8) is 0 Å². The zero-order valence-corrected chi connectivity index (χ0v) is 11.0. The van der Waals surface area contributed by atoms with Crippen LogP contribution >= 0.6 is 0 Å². The minimum Gasteiger partial charge on any atom is -0.465 e. The fraction of sp³-hybridized carbons (Fsp3) is 0.833. The van der Waals surface area contributed by atoms with Gasteiger partial charge in [-0.15, -0.1) is 0 Å². The standard InChI is InChI=1S/C12H22N2O3/c1-8-6-5-7-14(8)10(15)9(12(2,3)4)13-11(16)17/h8-9,13H,5-7H2,1-4H3,(H,16,17). The summed E-state index contributed by atoms with van der Waals surface area (Å²) >= 11 is 0. The van der Waals surface area contributed by atoms with Crippen LogP contribution in [0.2, 0.25) is 0 Å². The van der Waals surface area contributed by atoms with Gasteiger partial charge < -0.3 is 15.3 Å². The van der Waals surface area contributed by atoms with Crippen LogP contribution in [0.15, 0.2) is 0 Å². The molecular formula is C12H22N2O3. The summed E-state index contributed by atoms with van der Waals surface area (Å²) in [6, 6.07) is -0.469. The molecule has 1 rings (SSSR count). The van der Waals surface area contributed by atoms with E-state index in [-0.39, 0.29) is 11.9 Å². The fourth-order valence-electron chi connectivity index (χ4n) is 2.20. The van der Waals surface area contributed by atoms with Crippen molar-refractivity contribution < 1.29 is 14.7 Å². The maximum atomic E-state index is 12.3. The number of nitrogens with zero attached hydrogens (tertiary/aromatic N) is 1. The van der Waals surface area contributed by atoms with Crippen molar-refractivity contribution in [1.82, 2.24) is 10.2 Å². The van der Waals surface area contributed by atoms with Gasteiger partial charge in [-0.1, -0.05) is 20.8 Å². The van der Waals surface area contributed by atoms with Crippen LogP contribution in [0.1, 0.15) is 40.5 Å². The van der Waals surface area contributed by atoms with E-state index in [4.69, 9.17) is 5.11 Å². The van der Waals surface area contributed by atoms with Gasteiger partial charge in [-0.3, -0.25) is 4.79 Å². The Morgan fingerprint density at radius 1 is 1.41 bits per heavy atom. The molecule has 1 aliphatic heterocycles. The van der Waals surface area contributed by atoms with Gasteiger partial charge in [-0.2, -0.15) is 0 Å². The van der Waals surface area contributed by atoms with Gasteiger partial charge >= 0.3 is 6.09 Å². The van der Waals surface area contributed by atoms with Crippen molar-refractivity contribution >= 4 is 12.0 Å². The second kappa shape index (κ2) is 4.94. The highest BCUT2D eigenvalue weighted by Crippen LogP contribution is 2.25. The van der Waals surface area contributed by atoms with Crippen LogP contribution < -0.4 is 5.32 Å². The Morgan fingerprint density at radius 3 is 2.35 bits per heavy atom. The predicted octanol–water partition coefficient (Wildman–Crippen LogP) is 1.68. The summed E-state index contributed by atoms with van der Waals surface area (Å²) < 4.78 is 0. The molecule has 2 amide bonds. The molecule has 0 aromatic rings. The number of carboxylic acid groups (broad SMARTS) is 1. The van der Waals surface area contributed by atoms with Gasteiger partial charge in [0.15, 0.2) is 0 Å². The fourth-order valence-corrected chi connectivity index (χ4v) is 2.20. The number of amides is 2. The van der Waals surface area contributed by atoms with Crippen LogP contribution in [0, 0.1) is 5.41 Å². The average Bonchev–Trinajstić information content (AvgIpc) is 2.58. The molecule has 2 unspecified atom stereocenters. The van der Waals surface area contributed by atoms with E-state index < -0.39 is 17.6 Å². The molecular weight excluding hydrogens is 220 g/mol. The van der Waals surface area contributed by atoms with E-state index in [0.717, 1.165) is 19.4 Å². The van der Waals surface area contributed by atoms with Crippen LogP contribution in [-0.4, -0.2) is 40.6 Å². The third-order valence-electron chi connectivity index (χ3n) is 3.22. The van der Waals surface area contributed by atoms with Gasteiger partial charge in [0.1, 0.15) is 6.04 Å². The molecule has 1 saturated heterocycles. The largest absolute Gasteiger partial charge is 0.465 e. The summed E-state index contributed by atoms with van der Waals surface area (Å²) in [6.07, 6.45) is 0.845. The van der Waals surface area contributed by atoms with E-state index in [2.05, 4.69) is 5.32 Å². The van der Waals surface area contributed by atoms with E-state index in [9.17, 15) is 9.59 Å². The van der Waals surface area contributed by atoms with Crippen LogP contribution in [0.5, 0.6) is 0 Å². The number of likely N-dealkylation sites (tertiary alicyclic amines) is 1. The Labute approximate surface area is 102 Å². The number of carbonyl (C=O) groups is 2. The van der Waals surface area contributed by atoms with Gasteiger partial charge in [0.2, 0.25) is 5.91 Å². The highest BCUT2D eigenvalue weighted by Gasteiger charge is 2.38. The van der Waals surface area contributed by atoms with Crippen LogP contribution in [-0.2, 0) is 4.79 Å². The molecule has 98 valence electrons. The maximum absolute atomic E-state index is 12.3. The number of rotatable bonds is 2. The third-order valence-corrected chi connectivity index (χ3v) is 3.22. The van der Waals surface area contributed by atoms with Crippen LogP contribution in [0.25, 0.3) is 0 Å². The summed E-state index contributed by atoms with van der Waals surface area (Å²) in [6.45, 7) is 8.34. The molecule has 0 bridgehead atoms. The lowest BCUT2D eigenvalue weighted by Gasteiger charge is -2.34. The lowest BCUT2D eigenvalue weighted by Crippen LogP contribution is -2.55. The minimum absolute atomic E-state index is 0.107. The molecule has 5 heteroatoms. The Balaban J connectivity index is 2.83. The Kier molecular flexibility index (Phi) is 4.01. The maximum Gasteiger partial charge on any atom is 0.405 e. The molecule has 17 heavy (non-hydrogen) atoms. The number of carbonyl (C=O) groups excluding carboxylic acids is 1. The zero-order chi connectivity index (χ0) is 13.2. The highest BCUT2D eigenvalue weighted by atomic mass is 16.4. The molecule has 2 atom stereocenters. The van der Waals surface area contributed by atoms with Gasteiger partial charge in [0.25, 0.3) is 0 Å². The summed E-state index contributed by atoms with van der Waals surface area (Å²) in [5, 5.41) is 11.2. The Morgan fingerprint density at radius 2 is 2.00 bits per heavy atom. The molecule has 1 heterocycles. The number of nitrogens with one attached hydrogen (secondary N) is 1. The molecule has 0 aromatic heterocycles. The Hall–Kier alpha value is -1.26. The van der Waals surface area contributed by atoms with Gasteiger partial charge in [0, 0.05) is 12.6 Å². The number of hydrogen-bond acceptors (Lipinski definition) is 2. The van der Waals surface area contributed by atoms with Crippen molar-refractivity contribution in [1.29, 1.82) is 0 Å². The van der Waals surface area contributed by atoms with Crippen molar-refractivity contribution in [2.45, 2.75) is 52.6 Å². The first kappa shape index (κ1) is 13.8. The molecule has 0 saturated carbocycles. The molecule has 5 nitrogen and oxygen atoms in total. The normalized spacial score (nSPS) is 22.4. The quantitative estimate of drug-likeness (QED) is 0.774. The minimum atomic E-state index is -1.15. The molecule has 0 spiro atoms. The molecule has 1 aliphatic rings. The summed E-state index contributed by atoms with van der Waals surface area (Å²) in [5.74, 6) is -0.107. The van der Waals surface area contributed by atoms with E-state index in [1.165, 1.54) is 0 Å². The lowest BCUT2D eigenvalue weighted by atomic mass is 9.85. The Bertz CT molecular complexity index is 309. The monoisotopic (exact) mass is 242 g/mol. The molecule has 0 aliphatic carbocycles. The molecule has 0 radical (unpaired) electrons. The first-order chi connectivity index (χ1) is 7.73. The number of hydrogen-bond donors (Lipinski definition) is 2. The van der Waals surface area contributed by atoms with E-state index >= 15 is 0 Å². The summed E-state index contributed by atoms with van der Waals surface area (Å²) in [5.41, 5.74) is -0.419.